The molecule has 0 saturated carbocycles. The molecule has 5 N–H and O–H groups in total. The van der Waals surface area contributed by atoms with E-state index in [-0.39, 0.29) is 17.9 Å². The molecule has 0 bridgehead atoms. The summed E-state index contributed by atoms with van der Waals surface area (Å²) < 4.78 is 21.1. The number of aliphatic hydroxyl groups excluding tert-OH is 4. The van der Waals surface area contributed by atoms with Crippen molar-refractivity contribution < 1.29 is 54.1 Å². The summed E-state index contributed by atoms with van der Waals surface area (Å²) in [6, 6.07) is 6.10. The molecule has 0 amide bonds. The van der Waals surface area contributed by atoms with Gasteiger partial charge in [0.15, 0.2) is 12.4 Å². The molecule has 2 saturated heterocycles. The van der Waals surface area contributed by atoms with Crippen molar-refractivity contribution in [2.75, 3.05) is 13.2 Å². The maximum Gasteiger partial charge on any atom is 0.337 e. The lowest BCUT2D eigenvalue weighted by Crippen LogP contribution is -2.59. The van der Waals surface area contributed by atoms with Crippen LogP contribution in [0.25, 0.3) is 6.08 Å². The fourth-order valence-electron chi connectivity index (χ4n) is 3.60. The molecule has 2 heterocycles. The van der Waals surface area contributed by atoms with E-state index in [0.29, 0.717) is 5.56 Å². The van der Waals surface area contributed by atoms with Gasteiger partial charge in [-0.05, 0) is 49.8 Å². The Morgan fingerprint density at radius 2 is 1.75 bits per heavy atom. The molecule has 3 rings (SSSR count). The third-order valence-electron chi connectivity index (χ3n) is 5.53. The average Bonchev–Trinajstić information content (AvgIpc) is 3.09. The van der Waals surface area contributed by atoms with Crippen LogP contribution in [0.5, 0.6) is 5.75 Å². The van der Waals surface area contributed by atoms with Crippen LogP contribution in [0.1, 0.15) is 19.4 Å². The average molecular weight is 507 g/mol. The van der Waals surface area contributed by atoms with Gasteiger partial charge in [-0.15, -0.1) is 0 Å². The third-order valence-corrected chi connectivity index (χ3v) is 5.53. The Morgan fingerprint density at radius 3 is 2.42 bits per heavy atom. The number of rotatable bonds is 8. The van der Waals surface area contributed by atoms with Crippen LogP contribution < -0.4 is 0 Å². The molecule has 36 heavy (non-hydrogen) atoms. The lowest BCUT2D eigenvalue weighted by Gasteiger charge is -2.39. The van der Waals surface area contributed by atoms with E-state index in [4.69, 9.17) is 18.9 Å². The number of aliphatic hydroxyl groups is 4. The minimum Gasteiger partial charge on any atom is -0.508 e. The molecule has 11 nitrogen and oxygen atoms in total. The third kappa shape index (κ3) is 7.00. The summed E-state index contributed by atoms with van der Waals surface area (Å²) in [5, 5.41) is 50.2. The molecule has 0 unspecified atom stereocenters. The second kappa shape index (κ2) is 12.3. The fourth-order valence-corrected chi connectivity index (χ4v) is 3.60. The molecule has 7 atom stereocenters. The molecule has 2 aliphatic heterocycles. The van der Waals surface area contributed by atoms with Crippen molar-refractivity contribution in [3.63, 3.8) is 0 Å². The number of ether oxygens (including phenoxy) is 4. The second-order valence-electron chi connectivity index (χ2n) is 8.62. The summed E-state index contributed by atoms with van der Waals surface area (Å²) in [7, 11) is 0. The molecule has 0 aliphatic carbocycles. The Bertz CT molecular complexity index is 1010. The number of carbonyl (C=O) groups is 2. The first-order valence-electron chi connectivity index (χ1n) is 11.3. The quantitative estimate of drug-likeness (QED) is 0.182. The Morgan fingerprint density at radius 1 is 1.06 bits per heavy atom. The van der Waals surface area contributed by atoms with Crippen LogP contribution in [-0.2, 0) is 28.5 Å². The Kier molecular flexibility index (Phi) is 9.37. The van der Waals surface area contributed by atoms with Gasteiger partial charge in [-0.2, -0.15) is 0 Å². The van der Waals surface area contributed by atoms with Gasteiger partial charge in [-0.25, -0.2) is 9.59 Å². The van der Waals surface area contributed by atoms with Gasteiger partial charge >= 0.3 is 11.9 Å². The molecule has 1 aromatic rings. The van der Waals surface area contributed by atoms with Crippen molar-refractivity contribution in [1.29, 1.82) is 0 Å². The van der Waals surface area contributed by atoms with E-state index < -0.39 is 61.5 Å². The van der Waals surface area contributed by atoms with Gasteiger partial charge in [0.2, 0.25) is 0 Å². The lowest BCUT2D eigenvalue weighted by atomic mass is 9.99. The summed E-state index contributed by atoms with van der Waals surface area (Å²) in [6.45, 7) is 2.87. The molecule has 0 radical (unpaired) electrons. The van der Waals surface area contributed by atoms with Gasteiger partial charge in [0.1, 0.15) is 42.9 Å². The highest BCUT2D eigenvalue weighted by Crippen LogP contribution is 2.25. The number of carbonyl (C=O) groups excluding carboxylic acids is 2. The second-order valence-corrected chi connectivity index (χ2v) is 8.62. The van der Waals surface area contributed by atoms with Crippen LogP contribution in [0.3, 0.4) is 0 Å². The number of phenols is 1. The van der Waals surface area contributed by atoms with Gasteiger partial charge < -0.3 is 44.5 Å². The zero-order chi connectivity index (χ0) is 26.4. The molecular weight excluding hydrogens is 476 g/mol. The molecule has 2 aliphatic rings. The van der Waals surface area contributed by atoms with E-state index in [1.165, 1.54) is 24.3 Å². The highest BCUT2D eigenvalue weighted by Gasteiger charge is 2.45. The molecule has 0 spiro atoms. The largest absolute Gasteiger partial charge is 0.508 e. The standard InChI is InChI=1S/C25H30O11/c1-13(2)11-17-20(28)16(24(32)35-17)9-10-33-25-23(31)22(30)21(29)18(36-25)12-34-19(27)8-5-14-3-6-15(26)7-4-14/h3-9,11,17-18,20-23,25-26,28-31H,10,12H2,1-2H3/b8-5-,16-9+/t17-,18-,20+,21-,22+,23-,25-/m1/s1. The molecule has 0 aromatic heterocycles. The number of allylic oxidation sites excluding steroid dienone is 1. The molecule has 1 aromatic carbocycles. The zero-order valence-corrected chi connectivity index (χ0v) is 19.8. The van der Waals surface area contributed by atoms with Crippen LogP contribution in [0.2, 0.25) is 0 Å². The van der Waals surface area contributed by atoms with E-state index in [0.717, 1.165) is 11.6 Å². The zero-order valence-electron chi connectivity index (χ0n) is 19.8. The first-order valence-corrected chi connectivity index (χ1v) is 11.3. The van der Waals surface area contributed by atoms with E-state index >= 15 is 0 Å². The monoisotopic (exact) mass is 506 g/mol. The van der Waals surface area contributed by atoms with Crippen molar-refractivity contribution in [3.05, 3.63) is 59.2 Å². The summed E-state index contributed by atoms with van der Waals surface area (Å²) in [5.41, 5.74) is 1.48. The smallest absolute Gasteiger partial charge is 0.337 e. The SMILES string of the molecule is CC(C)=C[C@H]1OC(=O)/C(=C/CO[C@@H]2O[C@H](COC(=O)/C=C\c3ccc(O)cc3)[C@@H](O)[C@H](O)[C@H]2O)[C@@H]1O. The molecule has 11 heteroatoms. The Hall–Kier alpha value is -3.06. The number of phenolic OH excluding ortho intramolecular Hbond substituents is 1. The minimum absolute atomic E-state index is 0.0192. The minimum atomic E-state index is -1.66. The van der Waals surface area contributed by atoms with Crippen molar-refractivity contribution in [2.45, 2.75) is 56.8 Å². The van der Waals surface area contributed by atoms with Gasteiger partial charge in [0.25, 0.3) is 0 Å². The van der Waals surface area contributed by atoms with E-state index in [1.54, 1.807) is 32.1 Å². The predicted octanol–water partition coefficient (Wildman–Crippen LogP) is -0.0483. The van der Waals surface area contributed by atoms with Gasteiger partial charge in [0, 0.05) is 6.08 Å². The molecular formula is C25H30O11. The van der Waals surface area contributed by atoms with Crippen molar-refractivity contribution in [1.82, 2.24) is 0 Å². The maximum atomic E-state index is 12.0. The number of hydrogen-bond donors (Lipinski definition) is 5. The molecule has 196 valence electrons. The van der Waals surface area contributed by atoms with Gasteiger partial charge in [0.05, 0.1) is 12.2 Å². The highest BCUT2D eigenvalue weighted by atomic mass is 16.7. The van der Waals surface area contributed by atoms with E-state index in [9.17, 15) is 35.1 Å². The normalized spacial score (nSPS) is 31.4. The lowest BCUT2D eigenvalue weighted by molar-refractivity contribution is -0.299. The van der Waals surface area contributed by atoms with E-state index in [2.05, 4.69) is 0 Å². The number of aromatic hydroxyl groups is 1. The van der Waals surface area contributed by atoms with Crippen LogP contribution >= 0.6 is 0 Å². The molecule has 2 fully saturated rings. The van der Waals surface area contributed by atoms with Crippen LogP contribution in [0.15, 0.2) is 53.6 Å². The van der Waals surface area contributed by atoms with E-state index in [1.807, 2.05) is 0 Å². The number of benzene rings is 1. The van der Waals surface area contributed by atoms with Gasteiger partial charge in [-0.3, -0.25) is 0 Å². The van der Waals surface area contributed by atoms with Crippen LogP contribution in [0.4, 0.5) is 0 Å². The summed E-state index contributed by atoms with van der Waals surface area (Å²) in [4.78, 5) is 24.0. The van der Waals surface area contributed by atoms with Crippen molar-refractivity contribution in [3.8, 4) is 5.75 Å². The number of esters is 2. The topological polar surface area (TPSA) is 172 Å². The summed E-state index contributed by atoms with van der Waals surface area (Å²) in [5.74, 6) is -1.38. The van der Waals surface area contributed by atoms with Crippen molar-refractivity contribution >= 4 is 18.0 Å². The Balaban J connectivity index is 1.55. The highest BCUT2D eigenvalue weighted by molar-refractivity contribution is 5.92. The van der Waals surface area contributed by atoms with Gasteiger partial charge in [-0.1, -0.05) is 17.7 Å². The van der Waals surface area contributed by atoms with Crippen molar-refractivity contribution in [2.24, 2.45) is 0 Å². The maximum absolute atomic E-state index is 12.0. The summed E-state index contributed by atoms with van der Waals surface area (Å²) >= 11 is 0. The first-order chi connectivity index (χ1) is 17.1. The number of cyclic esters (lactones) is 1. The summed E-state index contributed by atoms with van der Waals surface area (Å²) in [6.07, 6.45) is -3.99. The first kappa shape index (κ1) is 27.5. The Labute approximate surface area is 207 Å². The number of hydrogen-bond acceptors (Lipinski definition) is 11. The van der Waals surface area contributed by atoms with Crippen LogP contribution in [0, 0.1) is 0 Å². The predicted molar refractivity (Wildman–Crippen MR) is 124 cm³/mol. The fraction of sp³-hybridized carbons (Fsp3) is 0.440. The van der Waals surface area contributed by atoms with Crippen LogP contribution in [-0.4, -0.2) is 93.6 Å².